The maximum absolute atomic E-state index is 11.5. The first-order valence-electron chi connectivity index (χ1n) is 6.16. The van der Waals surface area contributed by atoms with Gasteiger partial charge in [0.1, 0.15) is 11.6 Å². The van der Waals surface area contributed by atoms with E-state index in [9.17, 15) is 9.59 Å². The average Bonchev–Trinajstić information content (AvgIpc) is 3.00. The highest BCUT2D eigenvalue weighted by Gasteiger charge is 2.11. The Balaban J connectivity index is 1.76. The minimum Gasteiger partial charge on any atom is -0.464 e. The number of carbonyl (C=O) groups excluding carboxylic acids is 2. The quantitative estimate of drug-likeness (QED) is 0.858. The Kier molecular flexibility index (Phi) is 5.28. The number of ether oxygens (including phenoxy) is 2. The molecule has 21 heavy (non-hydrogen) atoms. The summed E-state index contributed by atoms with van der Waals surface area (Å²) in [6, 6.07) is 9.39. The highest BCUT2D eigenvalue weighted by Crippen LogP contribution is 2.10. The van der Waals surface area contributed by atoms with E-state index in [0.29, 0.717) is 5.01 Å². The fraction of sp³-hybridized carbons (Fsp3) is 0.214. The zero-order valence-corrected chi connectivity index (χ0v) is 12.2. The molecule has 2 rings (SSSR count). The van der Waals surface area contributed by atoms with Gasteiger partial charge in [0.05, 0.1) is 13.7 Å². The molecule has 1 N–H and O–H groups in total. The van der Waals surface area contributed by atoms with Gasteiger partial charge in [-0.3, -0.25) is 0 Å². The van der Waals surface area contributed by atoms with E-state index in [-0.39, 0.29) is 18.8 Å². The molecule has 0 aliphatic heterocycles. The number of thiazole rings is 1. The zero-order chi connectivity index (χ0) is 15.1. The van der Waals surface area contributed by atoms with E-state index in [2.05, 4.69) is 15.0 Å². The Bertz CT molecular complexity index is 612. The Labute approximate surface area is 125 Å². The molecule has 0 saturated heterocycles. The van der Waals surface area contributed by atoms with Gasteiger partial charge in [0.25, 0.3) is 0 Å². The summed E-state index contributed by atoms with van der Waals surface area (Å²) in [6.07, 6.45) is -0.534. The minimum absolute atomic E-state index is 0.204. The van der Waals surface area contributed by atoms with E-state index in [0.717, 1.165) is 5.56 Å². The molecule has 110 valence electrons. The number of hydrogen-bond acceptors (Lipinski definition) is 6. The lowest BCUT2D eigenvalue weighted by atomic mass is 10.2. The summed E-state index contributed by atoms with van der Waals surface area (Å²) in [6.45, 7) is 0.410. The molecule has 0 unspecified atom stereocenters. The maximum Gasteiger partial charge on any atom is 0.407 e. The summed E-state index contributed by atoms with van der Waals surface area (Å²) in [5.41, 5.74) is 1.15. The van der Waals surface area contributed by atoms with Gasteiger partial charge in [0.2, 0.25) is 0 Å². The third-order valence-electron chi connectivity index (χ3n) is 2.54. The van der Waals surface area contributed by atoms with Gasteiger partial charge in [-0.05, 0) is 5.56 Å². The molecule has 6 nitrogen and oxygen atoms in total. The topological polar surface area (TPSA) is 77.5 Å². The van der Waals surface area contributed by atoms with Crippen molar-refractivity contribution in [3.05, 3.63) is 52.0 Å². The van der Waals surface area contributed by atoms with Crippen LogP contribution in [0.25, 0.3) is 0 Å². The molecule has 1 aromatic heterocycles. The molecule has 0 bridgehead atoms. The van der Waals surface area contributed by atoms with Gasteiger partial charge in [0, 0.05) is 5.38 Å². The highest BCUT2D eigenvalue weighted by molar-refractivity contribution is 7.09. The molecule has 0 atom stereocenters. The second kappa shape index (κ2) is 7.39. The molecule has 0 radical (unpaired) electrons. The van der Waals surface area contributed by atoms with Crippen molar-refractivity contribution in [3.8, 4) is 0 Å². The molecule has 1 heterocycles. The third kappa shape index (κ3) is 4.57. The van der Waals surface area contributed by atoms with Crippen LogP contribution in [-0.2, 0) is 22.6 Å². The SMILES string of the molecule is COC(=O)c1csc(CNC(=O)OCc2ccccc2)n1. The van der Waals surface area contributed by atoms with E-state index in [1.807, 2.05) is 30.3 Å². The minimum atomic E-state index is -0.534. The monoisotopic (exact) mass is 306 g/mol. The predicted molar refractivity (Wildman–Crippen MR) is 76.9 cm³/mol. The van der Waals surface area contributed by atoms with Gasteiger partial charge in [-0.2, -0.15) is 0 Å². The number of esters is 1. The Morgan fingerprint density at radius 1 is 1.29 bits per heavy atom. The number of amides is 1. The van der Waals surface area contributed by atoms with Crippen molar-refractivity contribution < 1.29 is 19.1 Å². The summed E-state index contributed by atoms with van der Waals surface area (Å²) < 4.78 is 9.62. The van der Waals surface area contributed by atoms with Crippen molar-refractivity contribution in [3.63, 3.8) is 0 Å². The van der Waals surface area contributed by atoms with Gasteiger partial charge in [0.15, 0.2) is 5.69 Å². The fourth-order valence-electron chi connectivity index (χ4n) is 1.51. The van der Waals surface area contributed by atoms with Crippen molar-refractivity contribution in [1.29, 1.82) is 0 Å². The van der Waals surface area contributed by atoms with Crippen LogP contribution in [0, 0.1) is 0 Å². The number of benzene rings is 1. The van der Waals surface area contributed by atoms with Crippen molar-refractivity contribution in [2.45, 2.75) is 13.2 Å². The van der Waals surface area contributed by atoms with Gasteiger partial charge in [-0.15, -0.1) is 11.3 Å². The first-order chi connectivity index (χ1) is 10.2. The van der Waals surface area contributed by atoms with Crippen LogP contribution in [0.1, 0.15) is 21.1 Å². The van der Waals surface area contributed by atoms with E-state index in [4.69, 9.17) is 4.74 Å². The van der Waals surface area contributed by atoms with E-state index in [1.54, 1.807) is 5.38 Å². The third-order valence-corrected chi connectivity index (χ3v) is 3.39. The van der Waals surface area contributed by atoms with Crippen LogP contribution in [-0.4, -0.2) is 24.2 Å². The summed E-state index contributed by atoms with van der Waals surface area (Å²) in [5.74, 6) is -0.496. The molecular formula is C14H14N2O4S. The van der Waals surface area contributed by atoms with Crippen molar-refractivity contribution in [2.75, 3.05) is 7.11 Å². The van der Waals surface area contributed by atoms with Crippen LogP contribution < -0.4 is 5.32 Å². The first kappa shape index (κ1) is 15.0. The Morgan fingerprint density at radius 3 is 2.76 bits per heavy atom. The molecule has 0 aliphatic rings. The van der Waals surface area contributed by atoms with E-state index in [1.165, 1.54) is 18.4 Å². The smallest absolute Gasteiger partial charge is 0.407 e. The molecule has 0 aliphatic carbocycles. The van der Waals surface area contributed by atoms with Gasteiger partial charge >= 0.3 is 12.1 Å². The number of hydrogen-bond donors (Lipinski definition) is 1. The maximum atomic E-state index is 11.5. The number of alkyl carbamates (subject to hydrolysis) is 1. The van der Waals surface area contributed by atoms with Gasteiger partial charge in [-0.25, -0.2) is 14.6 Å². The second-order valence-corrected chi connectivity index (χ2v) is 4.98. The van der Waals surface area contributed by atoms with Crippen LogP contribution >= 0.6 is 11.3 Å². The molecular weight excluding hydrogens is 292 g/mol. The number of aromatic nitrogens is 1. The number of carbonyl (C=O) groups is 2. The molecule has 0 fully saturated rings. The van der Waals surface area contributed by atoms with Gasteiger partial charge in [-0.1, -0.05) is 30.3 Å². The molecule has 1 aromatic carbocycles. The Morgan fingerprint density at radius 2 is 2.05 bits per heavy atom. The Hall–Kier alpha value is -2.41. The number of rotatable bonds is 5. The zero-order valence-electron chi connectivity index (χ0n) is 11.4. The van der Waals surface area contributed by atoms with E-state index >= 15 is 0 Å². The lowest BCUT2D eigenvalue weighted by Gasteiger charge is -2.05. The standard InChI is InChI=1S/C14H14N2O4S/c1-19-13(17)11-9-21-12(16-11)7-15-14(18)20-8-10-5-3-2-4-6-10/h2-6,9H,7-8H2,1H3,(H,15,18). The van der Waals surface area contributed by atoms with Crippen LogP contribution in [0.15, 0.2) is 35.7 Å². The largest absolute Gasteiger partial charge is 0.464 e. The number of nitrogens with one attached hydrogen (secondary N) is 1. The molecule has 2 aromatic rings. The summed E-state index contributed by atoms with van der Waals surface area (Å²) in [5, 5.41) is 4.76. The molecule has 0 spiro atoms. The lowest BCUT2D eigenvalue weighted by molar-refractivity contribution is 0.0594. The lowest BCUT2D eigenvalue weighted by Crippen LogP contribution is -2.23. The number of nitrogens with zero attached hydrogens (tertiary/aromatic N) is 1. The summed E-state index contributed by atoms with van der Waals surface area (Å²) in [7, 11) is 1.29. The number of methoxy groups -OCH3 is 1. The molecule has 1 amide bonds. The van der Waals surface area contributed by atoms with Crippen molar-refractivity contribution in [2.24, 2.45) is 0 Å². The van der Waals surface area contributed by atoms with Crippen LogP contribution in [0.5, 0.6) is 0 Å². The molecule has 0 saturated carbocycles. The van der Waals surface area contributed by atoms with Crippen molar-refractivity contribution >= 4 is 23.4 Å². The van der Waals surface area contributed by atoms with Crippen LogP contribution in [0.4, 0.5) is 4.79 Å². The predicted octanol–water partition coefficient (Wildman–Crippen LogP) is 2.36. The second-order valence-electron chi connectivity index (χ2n) is 4.03. The first-order valence-corrected chi connectivity index (χ1v) is 7.04. The van der Waals surface area contributed by atoms with Crippen molar-refractivity contribution in [1.82, 2.24) is 10.3 Å². The highest BCUT2D eigenvalue weighted by atomic mass is 32.1. The average molecular weight is 306 g/mol. The van der Waals surface area contributed by atoms with Gasteiger partial charge < -0.3 is 14.8 Å². The van der Waals surface area contributed by atoms with Crippen LogP contribution in [0.2, 0.25) is 0 Å². The fourth-order valence-corrected chi connectivity index (χ4v) is 2.22. The summed E-state index contributed by atoms with van der Waals surface area (Å²) >= 11 is 1.27. The normalized spacial score (nSPS) is 9.95. The van der Waals surface area contributed by atoms with Crippen LogP contribution in [0.3, 0.4) is 0 Å². The van der Waals surface area contributed by atoms with E-state index < -0.39 is 12.1 Å². The summed E-state index contributed by atoms with van der Waals surface area (Å²) in [4.78, 5) is 26.8. The molecule has 7 heteroatoms.